The van der Waals surface area contributed by atoms with Crippen molar-refractivity contribution in [3.05, 3.63) is 114 Å². The topological polar surface area (TPSA) is 123 Å². The fourth-order valence-electron chi connectivity index (χ4n) is 5.19. The number of nitrogens with one attached hydrogen (secondary N) is 2. The summed E-state index contributed by atoms with van der Waals surface area (Å²) in [6.07, 6.45) is 4.20. The van der Waals surface area contributed by atoms with Gasteiger partial charge in [0.1, 0.15) is 18.5 Å². The first-order chi connectivity index (χ1) is 21.9. The lowest BCUT2D eigenvalue weighted by Gasteiger charge is -2.29. The van der Waals surface area contributed by atoms with Gasteiger partial charge in [-0.3, -0.25) is 14.4 Å². The van der Waals surface area contributed by atoms with E-state index in [-0.39, 0.29) is 43.8 Å². The van der Waals surface area contributed by atoms with Crippen LogP contribution >= 0.6 is 0 Å². The molecule has 238 valence electrons. The number of amides is 2. The number of ether oxygens (including phenoxy) is 3. The lowest BCUT2D eigenvalue weighted by molar-refractivity contribution is -0.153. The van der Waals surface area contributed by atoms with E-state index >= 15 is 0 Å². The minimum atomic E-state index is -0.755. The average Bonchev–Trinajstić information content (AvgIpc) is 3.06. The Labute approximate surface area is 264 Å². The van der Waals surface area contributed by atoms with E-state index in [1.54, 1.807) is 0 Å². The number of aliphatic hydroxyl groups excluding tert-OH is 1. The van der Waals surface area contributed by atoms with Gasteiger partial charge in [-0.1, -0.05) is 84.9 Å². The van der Waals surface area contributed by atoms with Crippen molar-refractivity contribution >= 4 is 17.8 Å². The molecule has 1 heterocycles. The highest BCUT2D eigenvalue weighted by atomic mass is 16.5. The maximum atomic E-state index is 13.5. The Hall–Kier alpha value is -4.47. The van der Waals surface area contributed by atoms with Gasteiger partial charge in [-0.05, 0) is 48.1 Å². The summed E-state index contributed by atoms with van der Waals surface area (Å²) in [6.45, 7) is 0.314. The fourth-order valence-corrected chi connectivity index (χ4v) is 5.19. The van der Waals surface area contributed by atoms with Crippen molar-refractivity contribution in [2.75, 3.05) is 20.3 Å². The molecule has 0 bridgehead atoms. The monoisotopic (exact) mass is 614 g/mol. The van der Waals surface area contributed by atoms with Crippen molar-refractivity contribution < 1.29 is 33.7 Å². The van der Waals surface area contributed by atoms with Crippen molar-refractivity contribution in [1.82, 2.24) is 10.6 Å². The van der Waals surface area contributed by atoms with E-state index in [1.165, 1.54) is 7.11 Å². The Bertz CT molecular complexity index is 1380. The van der Waals surface area contributed by atoms with E-state index in [9.17, 15) is 19.5 Å². The molecule has 0 fully saturated rings. The summed E-state index contributed by atoms with van der Waals surface area (Å²) in [5, 5.41) is 15.9. The summed E-state index contributed by atoms with van der Waals surface area (Å²) in [5.41, 5.74) is 2.73. The molecule has 0 aliphatic carbocycles. The predicted molar refractivity (Wildman–Crippen MR) is 170 cm³/mol. The highest BCUT2D eigenvalue weighted by molar-refractivity contribution is 5.86. The minimum absolute atomic E-state index is 0.0750. The van der Waals surface area contributed by atoms with Crippen LogP contribution < -0.4 is 15.4 Å². The molecular weight excluding hydrogens is 572 g/mol. The van der Waals surface area contributed by atoms with Gasteiger partial charge >= 0.3 is 5.97 Å². The molecule has 9 heteroatoms. The molecule has 3 aromatic rings. The first-order valence-electron chi connectivity index (χ1n) is 15.3. The molecule has 4 unspecified atom stereocenters. The lowest BCUT2D eigenvalue weighted by Crippen LogP contribution is -2.47. The normalized spacial score (nSPS) is 19.7. The van der Waals surface area contributed by atoms with Gasteiger partial charge in [0.05, 0.1) is 31.2 Å². The number of rotatable bonds is 12. The maximum absolute atomic E-state index is 13.5. The van der Waals surface area contributed by atoms with Crippen molar-refractivity contribution in [1.29, 1.82) is 0 Å². The molecule has 4 rings (SSSR count). The fraction of sp³-hybridized carbons (Fsp3) is 0.361. The summed E-state index contributed by atoms with van der Waals surface area (Å²) < 4.78 is 17.1. The van der Waals surface area contributed by atoms with E-state index in [2.05, 4.69) is 10.6 Å². The molecule has 1 aliphatic heterocycles. The molecule has 0 spiro atoms. The minimum Gasteiger partial charge on any atom is -0.489 e. The third-order valence-corrected chi connectivity index (χ3v) is 7.57. The van der Waals surface area contributed by atoms with E-state index in [0.29, 0.717) is 25.9 Å². The molecule has 0 aromatic heterocycles. The zero-order valence-corrected chi connectivity index (χ0v) is 25.6. The molecule has 4 atom stereocenters. The van der Waals surface area contributed by atoms with Crippen LogP contribution in [0.4, 0.5) is 0 Å². The number of cyclic esters (lactones) is 1. The highest BCUT2D eigenvalue weighted by Gasteiger charge is 2.32. The maximum Gasteiger partial charge on any atom is 0.306 e. The number of benzene rings is 3. The van der Waals surface area contributed by atoms with Gasteiger partial charge in [0.15, 0.2) is 0 Å². The van der Waals surface area contributed by atoms with Crippen LogP contribution in [-0.2, 0) is 36.9 Å². The van der Waals surface area contributed by atoms with Gasteiger partial charge in [-0.15, -0.1) is 0 Å². The van der Waals surface area contributed by atoms with Gasteiger partial charge in [0, 0.05) is 20.0 Å². The molecule has 9 nitrogen and oxygen atoms in total. The van der Waals surface area contributed by atoms with E-state index < -0.39 is 24.1 Å². The van der Waals surface area contributed by atoms with Crippen LogP contribution in [0.25, 0.3) is 0 Å². The summed E-state index contributed by atoms with van der Waals surface area (Å²) in [6, 6.07) is 25.5. The number of allylic oxidation sites excluding steroid dienone is 2. The van der Waals surface area contributed by atoms with Gasteiger partial charge in [0.25, 0.3) is 0 Å². The molecule has 0 radical (unpaired) electrons. The van der Waals surface area contributed by atoms with Gasteiger partial charge in [-0.25, -0.2) is 0 Å². The van der Waals surface area contributed by atoms with Crippen molar-refractivity contribution in [3.63, 3.8) is 0 Å². The number of carbonyl (C=O) groups excluding carboxylic acids is 3. The third kappa shape index (κ3) is 10.9. The molecule has 3 aromatic carbocycles. The molecule has 0 saturated carbocycles. The van der Waals surface area contributed by atoms with Crippen LogP contribution in [-0.4, -0.2) is 55.3 Å². The Balaban J connectivity index is 1.38. The second-order valence-electron chi connectivity index (χ2n) is 11.1. The molecule has 2 amide bonds. The van der Waals surface area contributed by atoms with Gasteiger partial charge in [-0.2, -0.15) is 0 Å². The number of hydrogen-bond donors (Lipinski definition) is 3. The second kappa shape index (κ2) is 17.7. The van der Waals surface area contributed by atoms with Crippen LogP contribution in [0.1, 0.15) is 48.5 Å². The van der Waals surface area contributed by atoms with Crippen LogP contribution in [0, 0.1) is 5.92 Å². The number of methoxy groups -OCH3 is 1. The first-order valence-corrected chi connectivity index (χ1v) is 15.3. The molecule has 0 saturated heterocycles. The SMILES string of the molecule is COCC1NC(=O)C(CC(=O)NC(CO)Cc2ccc(OCc3ccccc3)cc2)CC=CCCC(=O)OC1c1ccccc1. The number of aliphatic hydroxyl groups is 1. The molecule has 1 aliphatic rings. The second-order valence-corrected chi connectivity index (χ2v) is 11.1. The smallest absolute Gasteiger partial charge is 0.306 e. The summed E-state index contributed by atoms with van der Waals surface area (Å²) in [5.74, 6) is -1.00. The molecule has 45 heavy (non-hydrogen) atoms. The Kier molecular flexibility index (Phi) is 13.2. The largest absolute Gasteiger partial charge is 0.489 e. The van der Waals surface area contributed by atoms with Crippen molar-refractivity contribution in [2.24, 2.45) is 5.92 Å². The molecule has 3 N–H and O–H groups in total. The van der Waals surface area contributed by atoms with Crippen LogP contribution in [0.2, 0.25) is 0 Å². The summed E-state index contributed by atoms with van der Waals surface area (Å²) in [4.78, 5) is 39.3. The Morgan fingerprint density at radius 1 is 0.978 bits per heavy atom. The average molecular weight is 615 g/mol. The Morgan fingerprint density at radius 3 is 2.38 bits per heavy atom. The van der Waals surface area contributed by atoms with Gasteiger partial charge in [0.2, 0.25) is 11.8 Å². The van der Waals surface area contributed by atoms with Crippen LogP contribution in [0.3, 0.4) is 0 Å². The summed E-state index contributed by atoms with van der Waals surface area (Å²) in [7, 11) is 1.51. The predicted octanol–water partition coefficient (Wildman–Crippen LogP) is 4.45. The Morgan fingerprint density at radius 2 is 1.69 bits per heavy atom. The third-order valence-electron chi connectivity index (χ3n) is 7.57. The quantitative estimate of drug-likeness (QED) is 0.204. The molecular formula is C36H42N2O7. The summed E-state index contributed by atoms with van der Waals surface area (Å²) >= 11 is 0. The van der Waals surface area contributed by atoms with Gasteiger partial charge < -0.3 is 30.0 Å². The standard InChI is InChI=1S/C36H42N2O7/c1-43-25-32-35(28-13-7-3-8-14-28)45-34(41)16-10-4-9-15-29(36(42)38-32)22-33(40)37-30(23-39)21-26-17-19-31(20-18-26)44-24-27-11-5-2-6-12-27/h2-9,11-14,17-20,29-30,32,35,39H,10,15-16,21-25H2,1H3,(H,37,40)(H,38,42). The van der Waals surface area contributed by atoms with Crippen LogP contribution in [0.5, 0.6) is 5.75 Å². The van der Waals surface area contributed by atoms with E-state index in [0.717, 1.165) is 22.4 Å². The van der Waals surface area contributed by atoms with Crippen LogP contribution in [0.15, 0.2) is 97.1 Å². The van der Waals surface area contributed by atoms with Crippen molar-refractivity contribution in [3.8, 4) is 5.75 Å². The first kappa shape index (κ1) is 33.4. The van der Waals surface area contributed by atoms with Crippen molar-refractivity contribution in [2.45, 2.75) is 56.9 Å². The number of esters is 1. The van der Waals surface area contributed by atoms with E-state index in [1.807, 2.05) is 97.1 Å². The highest BCUT2D eigenvalue weighted by Crippen LogP contribution is 2.25. The lowest BCUT2D eigenvalue weighted by atomic mass is 9.96. The number of hydrogen-bond acceptors (Lipinski definition) is 7. The number of carbonyl (C=O) groups is 3. The van der Waals surface area contributed by atoms with E-state index in [4.69, 9.17) is 14.2 Å². The zero-order valence-electron chi connectivity index (χ0n) is 25.6. The zero-order chi connectivity index (χ0) is 31.9.